The highest BCUT2D eigenvalue weighted by atomic mass is 16.7. The quantitative estimate of drug-likeness (QED) is 0.821. The molecule has 1 saturated heterocycles. The van der Waals surface area contributed by atoms with E-state index in [-0.39, 0.29) is 23.8 Å². The molecule has 0 unspecified atom stereocenters. The van der Waals surface area contributed by atoms with Gasteiger partial charge in [-0.3, -0.25) is 4.79 Å². The Hall–Kier alpha value is -1.89. The molecule has 3 rings (SSSR count). The van der Waals surface area contributed by atoms with E-state index in [1.165, 1.54) is 0 Å². The molecule has 0 spiro atoms. The molecule has 2 heterocycles. The molecule has 1 fully saturated rings. The van der Waals surface area contributed by atoms with Crippen LogP contribution in [0.25, 0.3) is 0 Å². The Bertz CT molecular complexity index is 715. The number of piperazine rings is 1. The SMILES string of the molecule is CN1CCN(C(=O)C2=C[C@H](C(C)(C)C)C[C@H](OCc3ccc(CO)cc3)O2)CC1. The molecular weight excluding hydrogens is 368 g/mol. The van der Waals surface area contributed by atoms with E-state index in [0.717, 1.165) is 43.7 Å². The fraction of sp³-hybridized carbons (Fsp3) is 0.609. The molecule has 0 bridgehead atoms. The largest absolute Gasteiger partial charge is 0.459 e. The number of carbonyl (C=O) groups is 1. The number of aliphatic hydroxyl groups is 1. The van der Waals surface area contributed by atoms with Gasteiger partial charge in [-0.25, -0.2) is 0 Å². The Morgan fingerprint density at radius 1 is 1.14 bits per heavy atom. The van der Waals surface area contributed by atoms with Gasteiger partial charge in [0.1, 0.15) is 0 Å². The summed E-state index contributed by atoms with van der Waals surface area (Å²) in [7, 11) is 2.07. The van der Waals surface area contributed by atoms with E-state index in [1.54, 1.807) is 0 Å². The van der Waals surface area contributed by atoms with Crippen LogP contribution < -0.4 is 0 Å². The molecule has 1 aromatic carbocycles. The van der Waals surface area contributed by atoms with E-state index in [0.29, 0.717) is 12.4 Å². The molecular formula is C23H34N2O4. The van der Waals surface area contributed by atoms with Gasteiger partial charge in [-0.2, -0.15) is 0 Å². The van der Waals surface area contributed by atoms with Gasteiger partial charge in [0.2, 0.25) is 6.29 Å². The molecule has 2 atom stereocenters. The van der Waals surface area contributed by atoms with Crippen LogP contribution in [0.15, 0.2) is 36.1 Å². The van der Waals surface area contributed by atoms with Crippen molar-refractivity contribution in [3.05, 3.63) is 47.2 Å². The second kappa shape index (κ2) is 9.28. The molecule has 0 aromatic heterocycles. The molecule has 2 aliphatic rings. The molecule has 1 amide bonds. The Balaban J connectivity index is 1.67. The van der Waals surface area contributed by atoms with Crippen LogP contribution in [0.1, 0.15) is 38.3 Å². The van der Waals surface area contributed by atoms with Crippen molar-refractivity contribution in [3.8, 4) is 0 Å². The molecule has 160 valence electrons. The van der Waals surface area contributed by atoms with Crippen LogP contribution in [0.5, 0.6) is 0 Å². The Kier molecular flexibility index (Phi) is 6.98. The first-order valence-electron chi connectivity index (χ1n) is 10.4. The molecule has 2 aliphatic heterocycles. The fourth-order valence-electron chi connectivity index (χ4n) is 3.61. The maximum atomic E-state index is 13.1. The number of allylic oxidation sites excluding steroid dienone is 1. The number of likely N-dealkylation sites (N-methyl/N-ethyl adjacent to an activating group) is 1. The summed E-state index contributed by atoms with van der Waals surface area (Å²) >= 11 is 0. The number of carbonyl (C=O) groups excluding carboxylic acids is 1. The minimum atomic E-state index is -0.451. The lowest BCUT2D eigenvalue weighted by atomic mass is 9.77. The van der Waals surface area contributed by atoms with Crippen LogP contribution in [-0.2, 0) is 27.5 Å². The molecule has 0 aliphatic carbocycles. The number of nitrogens with zero attached hydrogens (tertiary/aromatic N) is 2. The van der Waals surface area contributed by atoms with E-state index in [9.17, 15) is 9.90 Å². The molecule has 6 heteroatoms. The van der Waals surface area contributed by atoms with Gasteiger partial charge >= 0.3 is 0 Å². The normalized spacial score (nSPS) is 23.5. The van der Waals surface area contributed by atoms with Gasteiger partial charge in [-0.05, 0) is 35.6 Å². The maximum Gasteiger partial charge on any atom is 0.288 e. The predicted molar refractivity (Wildman–Crippen MR) is 112 cm³/mol. The van der Waals surface area contributed by atoms with Crippen molar-refractivity contribution < 1.29 is 19.4 Å². The average molecular weight is 403 g/mol. The van der Waals surface area contributed by atoms with E-state index < -0.39 is 6.29 Å². The molecule has 0 radical (unpaired) electrons. The Morgan fingerprint density at radius 3 is 2.34 bits per heavy atom. The van der Waals surface area contributed by atoms with Gasteiger partial charge in [0.25, 0.3) is 5.91 Å². The van der Waals surface area contributed by atoms with Crippen molar-refractivity contribution in [2.75, 3.05) is 33.2 Å². The van der Waals surface area contributed by atoms with Crippen LogP contribution in [0, 0.1) is 11.3 Å². The maximum absolute atomic E-state index is 13.1. The molecule has 6 nitrogen and oxygen atoms in total. The number of amides is 1. The molecule has 29 heavy (non-hydrogen) atoms. The van der Waals surface area contributed by atoms with E-state index in [2.05, 4.69) is 32.7 Å². The van der Waals surface area contributed by atoms with Gasteiger partial charge in [-0.1, -0.05) is 45.0 Å². The lowest BCUT2D eigenvalue weighted by molar-refractivity contribution is -0.162. The molecule has 0 saturated carbocycles. The second-order valence-corrected chi connectivity index (χ2v) is 9.17. The van der Waals surface area contributed by atoms with Crippen molar-refractivity contribution in [2.24, 2.45) is 11.3 Å². The number of hydrogen-bond acceptors (Lipinski definition) is 5. The van der Waals surface area contributed by atoms with Crippen molar-refractivity contribution in [2.45, 2.75) is 46.7 Å². The van der Waals surface area contributed by atoms with Crippen LogP contribution in [0.3, 0.4) is 0 Å². The van der Waals surface area contributed by atoms with Crippen molar-refractivity contribution in [1.82, 2.24) is 9.80 Å². The van der Waals surface area contributed by atoms with Crippen LogP contribution in [0.4, 0.5) is 0 Å². The lowest BCUT2D eigenvalue weighted by Gasteiger charge is -2.38. The highest BCUT2D eigenvalue weighted by molar-refractivity contribution is 5.91. The smallest absolute Gasteiger partial charge is 0.288 e. The summed E-state index contributed by atoms with van der Waals surface area (Å²) in [6.07, 6.45) is 2.27. The Labute approximate surface area is 174 Å². The number of hydrogen-bond donors (Lipinski definition) is 1. The first-order valence-corrected chi connectivity index (χ1v) is 10.4. The summed E-state index contributed by atoms with van der Waals surface area (Å²) in [5.41, 5.74) is 1.90. The van der Waals surface area contributed by atoms with E-state index >= 15 is 0 Å². The number of ether oxygens (including phenoxy) is 2. The summed E-state index contributed by atoms with van der Waals surface area (Å²) in [6, 6.07) is 7.67. The third-order valence-electron chi connectivity index (χ3n) is 5.81. The van der Waals surface area contributed by atoms with Crippen LogP contribution in [0.2, 0.25) is 0 Å². The van der Waals surface area contributed by atoms with Gasteiger partial charge < -0.3 is 24.4 Å². The van der Waals surface area contributed by atoms with Crippen LogP contribution >= 0.6 is 0 Å². The fourth-order valence-corrected chi connectivity index (χ4v) is 3.61. The third-order valence-corrected chi connectivity index (χ3v) is 5.81. The molecule has 1 N–H and O–H groups in total. The van der Waals surface area contributed by atoms with Crippen molar-refractivity contribution >= 4 is 5.91 Å². The third kappa shape index (κ3) is 5.81. The lowest BCUT2D eigenvalue weighted by Crippen LogP contribution is -2.48. The highest BCUT2D eigenvalue weighted by Gasteiger charge is 2.35. The Morgan fingerprint density at radius 2 is 1.76 bits per heavy atom. The highest BCUT2D eigenvalue weighted by Crippen LogP contribution is 2.37. The monoisotopic (exact) mass is 402 g/mol. The zero-order chi connectivity index (χ0) is 21.0. The van der Waals surface area contributed by atoms with Gasteiger partial charge in [0, 0.05) is 32.6 Å². The standard InChI is InChI=1S/C23H34N2O4/c1-23(2,3)19-13-20(22(27)25-11-9-24(4)10-12-25)29-21(14-19)28-16-18-7-5-17(15-26)6-8-18/h5-8,13,19,21,26H,9-12,14-16H2,1-4H3/t19-,21+/m0/s1. The van der Waals surface area contributed by atoms with Crippen LogP contribution in [-0.4, -0.2) is 60.3 Å². The molecule has 1 aromatic rings. The minimum Gasteiger partial charge on any atom is -0.459 e. The number of rotatable bonds is 5. The summed E-state index contributed by atoms with van der Waals surface area (Å²) in [4.78, 5) is 17.2. The second-order valence-electron chi connectivity index (χ2n) is 9.17. The first-order chi connectivity index (χ1) is 13.8. The van der Waals surface area contributed by atoms with Gasteiger partial charge in [0.05, 0.1) is 13.2 Å². The van der Waals surface area contributed by atoms with Gasteiger partial charge in [-0.15, -0.1) is 0 Å². The van der Waals surface area contributed by atoms with E-state index in [4.69, 9.17) is 9.47 Å². The zero-order valence-electron chi connectivity index (χ0n) is 18.1. The summed E-state index contributed by atoms with van der Waals surface area (Å²) < 4.78 is 12.1. The first kappa shape index (κ1) is 21.8. The minimum absolute atomic E-state index is 0.0157. The van der Waals surface area contributed by atoms with Crippen molar-refractivity contribution in [3.63, 3.8) is 0 Å². The summed E-state index contributed by atoms with van der Waals surface area (Å²) in [5, 5.41) is 9.17. The number of benzene rings is 1. The van der Waals surface area contributed by atoms with E-state index in [1.807, 2.05) is 35.2 Å². The van der Waals surface area contributed by atoms with Crippen molar-refractivity contribution in [1.29, 1.82) is 0 Å². The average Bonchev–Trinajstić information content (AvgIpc) is 2.72. The summed E-state index contributed by atoms with van der Waals surface area (Å²) in [6.45, 7) is 10.2. The summed E-state index contributed by atoms with van der Waals surface area (Å²) in [5.74, 6) is 0.582. The van der Waals surface area contributed by atoms with Gasteiger partial charge in [0.15, 0.2) is 5.76 Å². The predicted octanol–water partition coefficient (Wildman–Crippen LogP) is 2.76. The zero-order valence-corrected chi connectivity index (χ0v) is 18.1. The number of aliphatic hydroxyl groups excluding tert-OH is 1. The topological polar surface area (TPSA) is 62.2 Å².